The third kappa shape index (κ3) is 5.41. The second-order valence-electron chi connectivity index (χ2n) is 4.69. The molecule has 0 aliphatic heterocycles. The molecule has 2 aromatic rings. The fraction of sp³-hybridized carbons (Fsp3) is 0.118. The van der Waals surface area contributed by atoms with Crippen LogP contribution in [-0.2, 0) is 4.79 Å². The molecule has 128 valence electrons. The van der Waals surface area contributed by atoms with Gasteiger partial charge < -0.3 is 20.3 Å². The van der Waals surface area contributed by atoms with Crippen LogP contribution in [0.2, 0.25) is 5.02 Å². The first-order valence-electron chi connectivity index (χ1n) is 7.02. The number of hydrogen-bond donors (Lipinski definition) is 3. The summed E-state index contributed by atoms with van der Waals surface area (Å²) in [4.78, 5) is 25.9. The molecular formula is C17H13ClN2O5. The first-order valence-corrected chi connectivity index (χ1v) is 7.40. The van der Waals surface area contributed by atoms with Crippen LogP contribution in [0, 0.1) is 11.8 Å². The van der Waals surface area contributed by atoms with Crippen molar-refractivity contribution in [1.29, 1.82) is 0 Å². The normalized spacial score (nSPS) is 9.64. The molecular weight excluding hydrogens is 348 g/mol. The Morgan fingerprint density at radius 2 is 2.08 bits per heavy atom. The lowest BCUT2D eigenvalue weighted by Crippen LogP contribution is -2.29. The van der Waals surface area contributed by atoms with E-state index < -0.39 is 24.2 Å². The number of hydrogen-bond acceptors (Lipinski definition) is 5. The molecule has 0 fully saturated rings. The molecule has 0 saturated heterocycles. The Morgan fingerprint density at radius 1 is 1.32 bits per heavy atom. The predicted octanol–water partition coefficient (Wildman–Crippen LogP) is 1.69. The molecule has 0 unspecified atom stereocenters. The van der Waals surface area contributed by atoms with E-state index in [0.29, 0.717) is 16.3 Å². The van der Waals surface area contributed by atoms with Crippen molar-refractivity contribution in [2.75, 3.05) is 13.2 Å². The summed E-state index contributed by atoms with van der Waals surface area (Å²) in [5.74, 6) is 3.57. The summed E-state index contributed by atoms with van der Waals surface area (Å²) < 4.78 is 5.40. The van der Waals surface area contributed by atoms with Crippen molar-refractivity contribution in [2.45, 2.75) is 0 Å². The zero-order valence-electron chi connectivity index (χ0n) is 12.8. The third-order valence-corrected chi connectivity index (χ3v) is 3.16. The van der Waals surface area contributed by atoms with Crippen molar-refractivity contribution in [1.82, 2.24) is 10.3 Å². The zero-order chi connectivity index (χ0) is 18.2. The minimum atomic E-state index is -1.20. The van der Waals surface area contributed by atoms with E-state index >= 15 is 0 Å². The number of amides is 1. The molecule has 1 heterocycles. The van der Waals surface area contributed by atoms with Crippen molar-refractivity contribution in [3.05, 3.63) is 52.8 Å². The molecule has 8 heteroatoms. The number of halogens is 1. The van der Waals surface area contributed by atoms with Gasteiger partial charge in [-0.25, -0.2) is 4.98 Å². The van der Waals surface area contributed by atoms with Gasteiger partial charge in [-0.15, -0.1) is 0 Å². The van der Waals surface area contributed by atoms with Crippen molar-refractivity contribution < 1.29 is 24.5 Å². The number of rotatable bonds is 5. The van der Waals surface area contributed by atoms with Crippen LogP contribution in [0.3, 0.4) is 0 Å². The van der Waals surface area contributed by atoms with Crippen LogP contribution < -0.4 is 10.1 Å². The van der Waals surface area contributed by atoms with E-state index in [0.717, 1.165) is 0 Å². The highest BCUT2D eigenvalue weighted by atomic mass is 35.5. The van der Waals surface area contributed by atoms with Crippen molar-refractivity contribution in [2.24, 2.45) is 0 Å². The van der Waals surface area contributed by atoms with Crippen molar-refractivity contribution in [3.8, 4) is 23.3 Å². The minimum Gasteiger partial charge on any atom is -0.505 e. The van der Waals surface area contributed by atoms with E-state index in [1.807, 2.05) is 0 Å². The van der Waals surface area contributed by atoms with Gasteiger partial charge in [0.2, 0.25) is 0 Å². The van der Waals surface area contributed by atoms with E-state index in [1.54, 1.807) is 24.3 Å². The average Bonchev–Trinajstić information content (AvgIpc) is 2.58. The smallest absolute Gasteiger partial charge is 0.322 e. The van der Waals surface area contributed by atoms with E-state index in [1.165, 1.54) is 12.3 Å². The highest BCUT2D eigenvalue weighted by molar-refractivity contribution is 6.32. The largest absolute Gasteiger partial charge is 0.505 e. The van der Waals surface area contributed by atoms with E-state index in [-0.39, 0.29) is 12.3 Å². The lowest BCUT2D eigenvalue weighted by atomic mass is 10.2. The van der Waals surface area contributed by atoms with Crippen LogP contribution in [0.25, 0.3) is 0 Å². The maximum Gasteiger partial charge on any atom is 0.322 e. The number of aromatic nitrogens is 1. The van der Waals surface area contributed by atoms with Crippen LogP contribution in [0.4, 0.5) is 0 Å². The summed E-state index contributed by atoms with van der Waals surface area (Å²) in [5, 5.41) is 20.9. The van der Waals surface area contributed by atoms with Gasteiger partial charge in [0.15, 0.2) is 5.69 Å². The summed E-state index contributed by atoms with van der Waals surface area (Å²) in [5.41, 5.74) is 0.0918. The number of pyridine rings is 1. The zero-order valence-corrected chi connectivity index (χ0v) is 13.6. The number of aliphatic carboxylic acids is 1. The summed E-state index contributed by atoms with van der Waals surface area (Å²) in [6.07, 6.45) is 1.29. The number of para-hydroxylation sites is 1. The minimum absolute atomic E-state index is 0.0747. The van der Waals surface area contributed by atoms with Gasteiger partial charge in [-0.2, -0.15) is 0 Å². The molecule has 1 amide bonds. The van der Waals surface area contributed by atoms with Gasteiger partial charge >= 0.3 is 5.97 Å². The van der Waals surface area contributed by atoms with Gasteiger partial charge in [-0.05, 0) is 18.2 Å². The van der Waals surface area contributed by atoms with Crippen LogP contribution in [0.5, 0.6) is 11.5 Å². The molecule has 1 aromatic heterocycles. The van der Waals surface area contributed by atoms with Gasteiger partial charge in [0, 0.05) is 11.8 Å². The first-order chi connectivity index (χ1) is 12.0. The number of nitrogens with zero attached hydrogens (tertiary/aromatic N) is 1. The molecule has 0 aliphatic carbocycles. The summed E-state index contributed by atoms with van der Waals surface area (Å²) in [6.45, 7) is -0.494. The molecule has 0 spiro atoms. The number of nitrogens with one attached hydrogen (secondary N) is 1. The maximum atomic E-state index is 11.7. The van der Waals surface area contributed by atoms with Gasteiger partial charge in [-0.1, -0.05) is 35.6 Å². The predicted molar refractivity (Wildman–Crippen MR) is 89.7 cm³/mol. The molecule has 0 aliphatic rings. The number of carbonyl (C=O) groups is 2. The lowest BCUT2D eigenvalue weighted by molar-refractivity contribution is -0.135. The molecule has 0 bridgehead atoms. The topological polar surface area (TPSA) is 109 Å². The second kappa shape index (κ2) is 8.57. The molecule has 7 nitrogen and oxygen atoms in total. The molecule has 25 heavy (non-hydrogen) atoms. The van der Waals surface area contributed by atoms with Crippen LogP contribution in [0.15, 0.2) is 36.5 Å². The number of carboxylic acids is 1. The lowest BCUT2D eigenvalue weighted by Gasteiger charge is -2.04. The quantitative estimate of drug-likeness (QED) is 0.700. The SMILES string of the molecule is O=C(O)CNC(=O)c1ncc(C#CCOc2ccccc2Cl)cc1O. The first kappa shape index (κ1) is 18.1. The van der Waals surface area contributed by atoms with Crippen molar-refractivity contribution >= 4 is 23.5 Å². The summed E-state index contributed by atoms with van der Waals surface area (Å²) >= 11 is 5.94. The third-order valence-electron chi connectivity index (χ3n) is 2.85. The molecule has 0 atom stereocenters. The van der Waals surface area contributed by atoms with Gasteiger partial charge in [0.05, 0.1) is 5.02 Å². The Morgan fingerprint density at radius 3 is 2.76 bits per heavy atom. The van der Waals surface area contributed by atoms with Crippen LogP contribution in [-0.4, -0.2) is 40.2 Å². The van der Waals surface area contributed by atoms with E-state index in [2.05, 4.69) is 22.1 Å². The van der Waals surface area contributed by atoms with E-state index in [4.69, 9.17) is 21.4 Å². The standard InChI is InChI=1S/C17H13ClN2O5/c18-12-5-1-2-6-14(12)25-7-3-4-11-8-13(21)16(19-9-11)17(24)20-10-15(22)23/h1-2,5-6,8-9,21H,7,10H2,(H,20,24)(H,22,23). The molecule has 3 N–H and O–H groups in total. The summed E-state index contributed by atoms with van der Waals surface area (Å²) in [7, 11) is 0. The second-order valence-corrected chi connectivity index (χ2v) is 5.10. The highest BCUT2D eigenvalue weighted by Crippen LogP contribution is 2.22. The number of carboxylic acid groups (broad SMARTS) is 1. The molecule has 1 aromatic carbocycles. The molecule has 2 rings (SSSR count). The monoisotopic (exact) mass is 360 g/mol. The van der Waals surface area contributed by atoms with Gasteiger partial charge in [0.1, 0.15) is 24.7 Å². The average molecular weight is 361 g/mol. The fourth-order valence-electron chi connectivity index (χ4n) is 1.75. The number of benzene rings is 1. The Bertz CT molecular complexity index is 858. The Hall–Kier alpha value is -3.24. The molecule has 0 radical (unpaired) electrons. The summed E-state index contributed by atoms with van der Waals surface area (Å²) in [6, 6.07) is 8.22. The molecule has 0 saturated carbocycles. The van der Waals surface area contributed by atoms with E-state index in [9.17, 15) is 14.7 Å². The number of aromatic hydroxyl groups is 1. The van der Waals surface area contributed by atoms with Crippen LogP contribution >= 0.6 is 11.6 Å². The van der Waals surface area contributed by atoms with Crippen LogP contribution in [0.1, 0.15) is 16.1 Å². The number of ether oxygens (including phenoxy) is 1. The maximum absolute atomic E-state index is 11.7. The number of carbonyl (C=O) groups excluding carboxylic acids is 1. The van der Waals surface area contributed by atoms with Gasteiger partial charge in [-0.3, -0.25) is 9.59 Å². The Labute approximate surface area is 148 Å². The van der Waals surface area contributed by atoms with Gasteiger partial charge in [0.25, 0.3) is 5.91 Å². The fourth-order valence-corrected chi connectivity index (χ4v) is 1.94. The Kier molecular flexibility index (Phi) is 6.20. The highest BCUT2D eigenvalue weighted by Gasteiger charge is 2.13. The van der Waals surface area contributed by atoms with Crippen molar-refractivity contribution in [3.63, 3.8) is 0 Å². The Balaban J connectivity index is 1.98.